The van der Waals surface area contributed by atoms with E-state index < -0.39 is 0 Å². The Morgan fingerprint density at radius 2 is 2.00 bits per heavy atom. The second kappa shape index (κ2) is 7.93. The van der Waals surface area contributed by atoms with Crippen LogP contribution in [0.2, 0.25) is 5.02 Å². The molecule has 7 heteroatoms. The van der Waals surface area contributed by atoms with Crippen molar-refractivity contribution in [2.75, 3.05) is 4.90 Å². The summed E-state index contributed by atoms with van der Waals surface area (Å²) in [4.78, 5) is 17.6. The fraction of sp³-hybridized carbons (Fsp3) is 0.346. The Morgan fingerprint density at radius 1 is 1.15 bits per heavy atom. The molecule has 0 spiro atoms. The van der Waals surface area contributed by atoms with Gasteiger partial charge in [0.25, 0.3) is 5.91 Å². The van der Waals surface area contributed by atoms with Crippen LogP contribution in [0.5, 0.6) is 0 Å². The first-order chi connectivity index (χ1) is 16.1. The number of halogens is 1. The molecule has 1 amide bonds. The fourth-order valence-electron chi connectivity index (χ4n) is 5.83. The van der Waals surface area contributed by atoms with Crippen LogP contribution in [0.1, 0.15) is 47.3 Å². The zero-order valence-electron chi connectivity index (χ0n) is 18.2. The molecule has 3 aromatic rings. The number of para-hydroxylation sites is 1. The van der Waals surface area contributed by atoms with Crippen LogP contribution in [0.4, 0.5) is 5.69 Å². The van der Waals surface area contributed by atoms with Crippen molar-refractivity contribution in [2.45, 2.75) is 56.7 Å². The first kappa shape index (κ1) is 20.3. The topological polar surface area (TPSA) is 65.2 Å². The van der Waals surface area contributed by atoms with E-state index in [0.29, 0.717) is 10.6 Å². The number of amides is 1. The number of rotatable bonds is 4. The normalized spacial score (nSPS) is 22.9. The van der Waals surface area contributed by atoms with Crippen molar-refractivity contribution in [3.05, 3.63) is 76.6 Å². The molecule has 166 valence electrons. The van der Waals surface area contributed by atoms with Gasteiger partial charge >= 0.3 is 0 Å². The number of fused-ring (bicyclic) bond motifs is 3. The lowest BCUT2D eigenvalue weighted by atomic mass is 9.93. The highest BCUT2D eigenvalue weighted by atomic mass is 35.5. The van der Waals surface area contributed by atoms with Gasteiger partial charge in [0.05, 0.1) is 34.1 Å². The highest BCUT2D eigenvalue weighted by Gasteiger charge is 2.50. The van der Waals surface area contributed by atoms with Crippen LogP contribution in [0.25, 0.3) is 5.69 Å². The Morgan fingerprint density at radius 3 is 2.73 bits per heavy atom. The molecule has 3 heterocycles. The third-order valence-electron chi connectivity index (χ3n) is 7.39. The first-order valence-corrected chi connectivity index (χ1v) is 12.0. The second-order valence-electron chi connectivity index (χ2n) is 9.18. The van der Waals surface area contributed by atoms with Crippen LogP contribution in [-0.4, -0.2) is 38.7 Å². The van der Waals surface area contributed by atoms with Crippen molar-refractivity contribution in [3.8, 4) is 11.9 Å². The van der Waals surface area contributed by atoms with Gasteiger partial charge in [-0.15, -0.1) is 0 Å². The van der Waals surface area contributed by atoms with Crippen LogP contribution in [0.15, 0.2) is 54.7 Å². The van der Waals surface area contributed by atoms with E-state index >= 15 is 0 Å². The molecule has 0 unspecified atom stereocenters. The van der Waals surface area contributed by atoms with Crippen LogP contribution >= 0.6 is 11.6 Å². The summed E-state index contributed by atoms with van der Waals surface area (Å²) in [6.45, 7) is 0. The van der Waals surface area contributed by atoms with Crippen molar-refractivity contribution < 1.29 is 4.79 Å². The number of aryl methyl sites for hydroxylation is 2. The van der Waals surface area contributed by atoms with Crippen molar-refractivity contribution in [3.63, 3.8) is 0 Å². The second-order valence-corrected chi connectivity index (χ2v) is 9.59. The quantitative estimate of drug-likeness (QED) is 0.530. The zero-order chi connectivity index (χ0) is 22.5. The summed E-state index contributed by atoms with van der Waals surface area (Å²) in [5.74, 6) is -0.129. The van der Waals surface area contributed by atoms with Crippen molar-refractivity contribution in [1.82, 2.24) is 14.7 Å². The lowest BCUT2D eigenvalue weighted by Gasteiger charge is -2.34. The van der Waals surface area contributed by atoms with Crippen LogP contribution in [-0.2, 0) is 12.8 Å². The van der Waals surface area contributed by atoms with Crippen LogP contribution < -0.4 is 4.90 Å². The predicted octanol–water partition coefficient (Wildman–Crippen LogP) is 4.75. The number of aromatic nitrogens is 2. The predicted molar refractivity (Wildman–Crippen MR) is 127 cm³/mol. The molecular formula is C26H24ClN5O. The average molecular weight is 458 g/mol. The maximum atomic E-state index is 13.9. The molecule has 3 aliphatic rings. The molecule has 6 nitrogen and oxygen atoms in total. The van der Waals surface area contributed by atoms with Crippen molar-refractivity contribution in [1.29, 1.82) is 5.26 Å². The van der Waals surface area contributed by atoms with E-state index in [9.17, 15) is 10.1 Å². The number of hydrogen-bond donors (Lipinski definition) is 0. The molecular weight excluding hydrogens is 434 g/mol. The molecule has 2 saturated heterocycles. The Labute approximate surface area is 198 Å². The largest absolute Gasteiger partial charge is 0.303 e. The molecule has 2 fully saturated rings. The fourth-order valence-corrected chi connectivity index (χ4v) is 6.09. The standard InChI is InChI=1S/C26H24ClN5O/c27-22-13-20(31-15-17-5-4-8-23(17)29-31)9-11-21(22)26(33)32(18-6-2-1-3-7-18)25-14-19-10-12-24(25)30(19)16-28/h1-3,6-7,9,11,13,15,19,24-25H,4-5,8,10,12,14H2/t19-,24+,25+/m0/s1. The minimum Gasteiger partial charge on any atom is -0.303 e. The van der Waals surface area contributed by atoms with Gasteiger partial charge in [0.15, 0.2) is 6.19 Å². The molecule has 2 bridgehead atoms. The lowest BCUT2D eigenvalue weighted by molar-refractivity contribution is 0.0971. The first-order valence-electron chi connectivity index (χ1n) is 11.6. The summed E-state index contributed by atoms with van der Waals surface area (Å²) in [7, 11) is 0. The summed E-state index contributed by atoms with van der Waals surface area (Å²) in [6.07, 6.45) is 10.4. The number of anilines is 1. The summed E-state index contributed by atoms with van der Waals surface area (Å²) >= 11 is 6.69. The van der Waals surface area contributed by atoms with Gasteiger partial charge in [-0.1, -0.05) is 29.8 Å². The van der Waals surface area contributed by atoms with E-state index in [1.54, 1.807) is 6.07 Å². The maximum Gasteiger partial charge on any atom is 0.260 e. The number of benzene rings is 2. The molecule has 0 saturated carbocycles. The van der Waals surface area contributed by atoms with Gasteiger partial charge < -0.3 is 9.80 Å². The van der Waals surface area contributed by atoms with Gasteiger partial charge in [0.1, 0.15) is 0 Å². The minimum absolute atomic E-state index is 0.0497. The Balaban J connectivity index is 1.35. The Kier molecular flexibility index (Phi) is 4.88. The van der Waals surface area contributed by atoms with Crippen molar-refractivity contribution in [2.24, 2.45) is 0 Å². The monoisotopic (exact) mass is 457 g/mol. The van der Waals surface area contributed by atoms with E-state index in [1.165, 1.54) is 5.56 Å². The third kappa shape index (κ3) is 3.30. The molecule has 1 aromatic heterocycles. The van der Waals surface area contributed by atoms with E-state index in [1.807, 2.05) is 56.9 Å². The van der Waals surface area contributed by atoms with Gasteiger partial charge in [0.2, 0.25) is 0 Å². The highest BCUT2D eigenvalue weighted by molar-refractivity contribution is 6.34. The summed E-state index contributed by atoms with van der Waals surface area (Å²) in [6, 6.07) is 15.5. The smallest absolute Gasteiger partial charge is 0.260 e. The zero-order valence-corrected chi connectivity index (χ0v) is 18.9. The van der Waals surface area contributed by atoms with E-state index in [4.69, 9.17) is 16.7 Å². The molecule has 33 heavy (non-hydrogen) atoms. The number of carbonyl (C=O) groups excluding carboxylic acids is 1. The van der Waals surface area contributed by atoms with Gasteiger partial charge in [-0.3, -0.25) is 4.79 Å². The van der Waals surface area contributed by atoms with Gasteiger partial charge in [-0.2, -0.15) is 10.4 Å². The highest BCUT2D eigenvalue weighted by Crippen LogP contribution is 2.42. The van der Waals surface area contributed by atoms with Gasteiger partial charge in [-0.25, -0.2) is 4.68 Å². The molecule has 2 aliphatic heterocycles. The lowest BCUT2D eigenvalue weighted by Crippen LogP contribution is -2.47. The van der Waals surface area contributed by atoms with E-state index in [2.05, 4.69) is 12.4 Å². The van der Waals surface area contributed by atoms with Gasteiger partial charge in [-0.05, 0) is 74.4 Å². The molecule has 3 atom stereocenters. The summed E-state index contributed by atoms with van der Waals surface area (Å²) < 4.78 is 1.86. The minimum atomic E-state index is -0.129. The Bertz CT molecular complexity index is 1240. The maximum absolute atomic E-state index is 13.9. The molecule has 0 N–H and O–H groups in total. The molecule has 0 radical (unpaired) electrons. The van der Waals surface area contributed by atoms with E-state index in [-0.39, 0.29) is 24.0 Å². The number of hydrogen-bond acceptors (Lipinski definition) is 4. The average Bonchev–Trinajstić information content (AvgIpc) is 3.59. The number of nitrogens with zero attached hydrogens (tertiary/aromatic N) is 5. The third-order valence-corrected chi connectivity index (χ3v) is 7.70. The van der Waals surface area contributed by atoms with Crippen LogP contribution in [0.3, 0.4) is 0 Å². The molecule has 2 aromatic carbocycles. The SMILES string of the molecule is N#CN1[C@H]2CC[C@@H]1[C@H](N(C(=O)c1ccc(-n3cc4c(n3)CCC4)cc1Cl)c1ccccc1)C2. The summed E-state index contributed by atoms with van der Waals surface area (Å²) in [5, 5.41) is 14.7. The van der Waals surface area contributed by atoms with E-state index in [0.717, 1.165) is 55.6 Å². The number of nitriles is 1. The van der Waals surface area contributed by atoms with Crippen LogP contribution in [0, 0.1) is 11.5 Å². The molecule has 1 aliphatic carbocycles. The van der Waals surface area contributed by atoms with Crippen molar-refractivity contribution >= 4 is 23.2 Å². The number of carbonyl (C=O) groups is 1. The molecule has 6 rings (SSSR count). The Hall–Kier alpha value is -3.30. The van der Waals surface area contributed by atoms with Gasteiger partial charge in [0, 0.05) is 17.9 Å². The summed E-state index contributed by atoms with van der Waals surface area (Å²) in [5.41, 5.74) is 4.60.